The molecular formula is C13H13N3O2. The Bertz CT molecular complexity index is 597. The fourth-order valence-corrected chi connectivity index (χ4v) is 1.52. The minimum atomic E-state index is -0.584. The number of nitrogens with zero attached hydrogens (tertiary/aromatic N) is 1. The summed E-state index contributed by atoms with van der Waals surface area (Å²) in [6.07, 6.45) is 1.67. The van der Waals surface area contributed by atoms with Crippen molar-refractivity contribution in [1.29, 1.82) is 0 Å². The molecule has 1 amide bonds. The maximum Gasteiger partial charge on any atom is 0.252 e. The Kier molecular flexibility index (Phi) is 3.14. The third kappa shape index (κ3) is 2.40. The first-order valence-corrected chi connectivity index (χ1v) is 5.36. The van der Waals surface area contributed by atoms with Crippen LogP contribution in [-0.4, -0.2) is 10.9 Å². The van der Waals surface area contributed by atoms with Crippen molar-refractivity contribution in [3.8, 4) is 11.5 Å². The molecule has 0 saturated heterocycles. The Hall–Kier alpha value is -2.56. The smallest absolute Gasteiger partial charge is 0.252 e. The number of hydrogen-bond acceptors (Lipinski definition) is 4. The normalized spacial score (nSPS) is 10.1. The van der Waals surface area contributed by atoms with Gasteiger partial charge in [-0.05, 0) is 37.3 Å². The molecule has 0 unspecified atom stereocenters. The Morgan fingerprint density at radius 2 is 2.06 bits per heavy atom. The van der Waals surface area contributed by atoms with Crippen LogP contribution in [-0.2, 0) is 0 Å². The quantitative estimate of drug-likeness (QED) is 0.805. The van der Waals surface area contributed by atoms with Gasteiger partial charge in [-0.3, -0.25) is 9.78 Å². The second kappa shape index (κ2) is 4.75. The van der Waals surface area contributed by atoms with Crippen LogP contribution in [0.5, 0.6) is 11.5 Å². The van der Waals surface area contributed by atoms with E-state index in [1.54, 1.807) is 30.5 Å². The summed E-state index contributed by atoms with van der Waals surface area (Å²) in [5.41, 5.74) is 12.3. The van der Waals surface area contributed by atoms with Crippen molar-refractivity contribution < 1.29 is 9.53 Å². The van der Waals surface area contributed by atoms with Crippen LogP contribution in [0.25, 0.3) is 0 Å². The average molecular weight is 243 g/mol. The summed E-state index contributed by atoms with van der Waals surface area (Å²) in [7, 11) is 0. The van der Waals surface area contributed by atoms with E-state index in [1.807, 2.05) is 6.92 Å². The maximum atomic E-state index is 11.3. The third-order valence-electron chi connectivity index (χ3n) is 2.45. The van der Waals surface area contributed by atoms with Gasteiger partial charge in [0.15, 0.2) is 0 Å². The summed E-state index contributed by atoms with van der Waals surface area (Å²) >= 11 is 0. The van der Waals surface area contributed by atoms with E-state index in [4.69, 9.17) is 16.2 Å². The van der Waals surface area contributed by atoms with E-state index in [0.717, 1.165) is 5.69 Å². The van der Waals surface area contributed by atoms with Gasteiger partial charge in [-0.25, -0.2) is 0 Å². The zero-order valence-electron chi connectivity index (χ0n) is 9.88. The molecule has 0 atom stereocenters. The first-order valence-electron chi connectivity index (χ1n) is 5.36. The monoisotopic (exact) mass is 243 g/mol. The molecule has 0 fully saturated rings. The van der Waals surface area contributed by atoms with Gasteiger partial charge in [-0.15, -0.1) is 0 Å². The number of rotatable bonds is 3. The Labute approximate surface area is 104 Å². The number of nitrogens with two attached hydrogens (primary N) is 2. The first kappa shape index (κ1) is 11.9. The SMILES string of the molecule is Cc1ncccc1Oc1ccc(N)cc1C(N)=O. The molecule has 92 valence electrons. The highest BCUT2D eigenvalue weighted by molar-refractivity contribution is 5.96. The maximum absolute atomic E-state index is 11.3. The van der Waals surface area contributed by atoms with Crippen molar-refractivity contribution in [2.45, 2.75) is 6.92 Å². The van der Waals surface area contributed by atoms with Crippen molar-refractivity contribution in [2.24, 2.45) is 5.73 Å². The zero-order valence-corrected chi connectivity index (χ0v) is 9.88. The number of aromatic nitrogens is 1. The van der Waals surface area contributed by atoms with E-state index in [1.165, 1.54) is 6.07 Å². The molecule has 1 aromatic heterocycles. The number of benzene rings is 1. The molecular weight excluding hydrogens is 230 g/mol. The van der Waals surface area contributed by atoms with E-state index in [-0.39, 0.29) is 5.56 Å². The average Bonchev–Trinajstić information content (AvgIpc) is 2.34. The van der Waals surface area contributed by atoms with Gasteiger partial charge in [0.2, 0.25) is 0 Å². The minimum Gasteiger partial charge on any atom is -0.455 e. The van der Waals surface area contributed by atoms with Crippen molar-refractivity contribution in [3.05, 3.63) is 47.8 Å². The lowest BCUT2D eigenvalue weighted by atomic mass is 10.1. The van der Waals surface area contributed by atoms with Gasteiger partial charge in [-0.2, -0.15) is 0 Å². The van der Waals surface area contributed by atoms with Crippen LogP contribution in [0.2, 0.25) is 0 Å². The molecule has 5 nitrogen and oxygen atoms in total. The summed E-state index contributed by atoms with van der Waals surface area (Å²) in [6.45, 7) is 1.82. The zero-order chi connectivity index (χ0) is 13.1. The summed E-state index contributed by atoms with van der Waals surface area (Å²) in [4.78, 5) is 15.4. The Morgan fingerprint density at radius 1 is 1.28 bits per heavy atom. The first-order chi connectivity index (χ1) is 8.58. The molecule has 18 heavy (non-hydrogen) atoms. The predicted octanol–water partition coefficient (Wildman–Crippen LogP) is 1.86. The molecule has 0 bridgehead atoms. The van der Waals surface area contributed by atoms with Crippen LogP contribution in [0, 0.1) is 6.92 Å². The van der Waals surface area contributed by atoms with Crippen LogP contribution in [0.4, 0.5) is 5.69 Å². The largest absolute Gasteiger partial charge is 0.455 e. The molecule has 2 aromatic rings. The lowest BCUT2D eigenvalue weighted by Gasteiger charge is -2.11. The number of amides is 1. The number of primary amides is 1. The molecule has 5 heteroatoms. The number of anilines is 1. The highest BCUT2D eigenvalue weighted by Crippen LogP contribution is 2.28. The van der Waals surface area contributed by atoms with Crippen LogP contribution in [0.15, 0.2) is 36.5 Å². The fourth-order valence-electron chi connectivity index (χ4n) is 1.52. The van der Waals surface area contributed by atoms with E-state index in [9.17, 15) is 4.79 Å². The molecule has 0 aliphatic carbocycles. The molecule has 4 N–H and O–H groups in total. The molecule has 1 aromatic carbocycles. The van der Waals surface area contributed by atoms with Gasteiger partial charge in [0.05, 0.1) is 11.3 Å². The highest BCUT2D eigenvalue weighted by Gasteiger charge is 2.11. The van der Waals surface area contributed by atoms with Gasteiger partial charge in [0.1, 0.15) is 11.5 Å². The molecule has 0 radical (unpaired) electrons. The molecule has 1 heterocycles. The second-order valence-electron chi connectivity index (χ2n) is 3.81. The molecule has 2 rings (SSSR count). The lowest BCUT2D eigenvalue weighted by molar-refractivity contribution is 0.0998. The van der Waals surface area contributed by atoms with Crippen molar-refractivity contribution in [1.82, 2.24) is 4.98 Å². The van der Waals surface area contributed by atoms with E-state index >= 15 is 0 Å². The summed E-state index contributed by atoms with van der Waals surface area (Å²) in [6, 6.07) is 8.27. The van der Waals surface area contributed by atoms with Gasteiger partial charge in [0.25, 0.3) is 5.91 Å². The highest BCUT2D eigenvalue weighted by atomic mass is 16.5. The van der Waals surface area contributed by atoms with Crippen LogP contribution < -0.4 is 16.2 Å². The van der Waals surface area contributed by atoms with Gasteiger partial charge in [0, 0.05) is 11.9 Å². The van der Waals surface area contributed by atoms with E-state index < -0.39 is 5.91 Å². The molecule has 0 aliphatic rings. The summed E-state index contributed by atoms with van der Waals surface area (Å²) < 4.78 is 5.64. The number of pyridine rings is 1. The minimum absolute atomic E-state index is 0.248. The van der Waals surface area contributed by atoms with Gasteiger partial charge >= 0.3 is 0 Å². The van der Waals surface area contributed by atoms with Gasteiger partial charge < -0.3 is 16.2 Å². The van der Waals surface area contributed by atoms with Gasteiger partial charge in [-0.1, -0.05) is 0 Å². The Balaban J connectivity index is 2.41. The van der Waals surface area contributed by atoms with Crippen LogP contribution in [0.1, 0.15) is 16.1 Å². The number of nitrogen functional groups attached to an aromatic ring is 1. The number of hydrogen-bond donors (Lipinski definition) is 2. The van der Waals surface area contributed by atoms with Crippen LogP contribution >= 0.6 is 0 Å². The fraction of sp³-hybridized carbons (Fsp3) is 0.0769. The van der Waals surface area contributed by atoms with Crippen molar-refractivity contribution in [2.75, 3.05) is 5.73 Å². The van der Waals surface area contributed by atoms with Crippen molar-refractivity contribution >= 4 is 11.6 Å². The molecule has 0 aliphatic heterocycles. The molecule has 0 spiro atoms. The lowest BCUT2D eigenvalue weighted by Crippen LogP contribution is -2.12. The second-order valence-corrected chi connectivity index (χ2v) is 3.81. The third-order valence-corrected chi connectivity index (χ3v) is 2.45. The number of ether oxygens (including phenoxy) is 1. The standard InChI is InChI=1S/C13H13N3O2/c1-8-11(3-2-6-16-8)18-12-5-4-9(14)7-10(12)13(15)17/h2-7H,14H2,1H3,(H2,15,17). The number of aryl methyl sites for hydroxylation is 1. The Morgan fingerprint density at radius 3 is 2.72 bits per heavy atom. The van der Waals surface area contributed by atoms with Crippen molar-refractivity contribution in [3.63, 3.8) is 0 Å². The predicted molar refractivity (Wildman–Crippen MR) is 68.4 cm³/mol. The number of carbonyl (C=O) groups excluding carboxylic acids is 1. The molecule has 0 saturated carbocycles. The van der Waals surface area contributed by atoms with E-state index in [2.05, 4.69) is 4.98 Å². The summed E-state index contributed by atoms with van der Waals surface area (Å²) in [5, 5.41) is 0. The number of carbonyl (C=O) groups is 1. The van der Waals surface area contributed by atoms with E-state index in [0.29, 0.717) is 17.2 Å². The summed E-state index contributed by atoms with van der Waals surface area (Å²) in [5.74, 6) is 0.358. The topological polar surface area (TPSA) is 91.2 Å². The van der Waals surface area contributed by atoms with Crippen LogP contribution in [0.3, 0.4) is 0 Å².